The summed E-state index contributed by atoms with van der Waals surface area (Å²) in [6.07, 6.45) is 0.923. The number of hydrogen-bond acceptors (Lipinski definition) is 4. The molecule has 2 aromatic carbocycles. The summed E-state index contributed by atoms with van der Waals surface area (Å²) in [4.78, 5) is 12.3. The minimum absolute atomic E-state index is 0.133. The van der Waals surface area contributed by atoms with Gasteiger partial charge in [-0.3, -0.25) is 4.79 Å². The molecule has 0 unspecified atom stereocenters. The second kappa shape index (κ2) is 8.97. The summed E-state index contributed by atoms with van der Waals surface area (Å²) in [5.74, 6) is 1.60. The van der Waals surface area contributed by atoms with Crippen LogP contribution in [-0.4, -0.2) is 27.2 Å². The van der Waals surface area contributed by atoms with Gasteiger partial charge < -0.3 is 19.5 Å². The lowest BCUT2D eigenvalue weighted by Crippen LogP contribution is -2.13. The van der Waals surface area contributed by atoms with E-state index in [1.54, 1.807) is 19.2 Å². The molecule has 0 bridgehead atoms. The van der Waals surface area contributed by atoms with E-state index >= 15 is 0 Å². The zero-order valence-electron chi connectivity index (χ0n) is 14.2. The maximum absolute atomic E-state index is 12.3. The summed E-state index contributed by atoms with van der Waals surface area (Å²) in [6, 6.07) is 8.99. The van der Waals surface area contributed by atoms with Gasteiger partial charge >= 0.3 is 0 Å². The van der Waals surface area contributed by atoms with Crippen LogP contribution in [0.4, 0.5) is 5.69 Å². The van der Waals surface area contributed by atoms with Gasteiger partial charge in [-0.1, -0.05) is 17.7 Å². The van der Waals surface area contributed by atoms with Crippen LogP contribution in [0.1, 0.15) is 12.0 Å². The Morgan fingerprint density at radius 2 is 1.72 bits per heavy atom. The van der Waals surface area contributed by atoms with Gasteiger partial charge in [0, 0.05) is 12.5 Å². The largest absolute Gasteiger partial charge is 0.496 e. The molecule has 0 aliphatic carbocycles. The Morgan fingerprint density at radius 1 is 1.04 bits per heavy atom. The molecule has 2 rings (SSSR count). The van der Waals surface area contributed by atoms with Crippen molar-refractivity contribution < 1.29 is 19.0 Å². The Balaban J connectivity index is 2.03. The SMILES string of the molecule is COc1cc(OC)c(NC(=O)CCc2ccc(OC)c(Br)c2)cc1Cl. The van der Waals surface area contributed by atoms with E-state index in [-0.39, 0.29) is 5.91 Å². The van der Waals surface area contributed by atoms with E-state index in [4.69, 9.17) is 25.8 Å². The first-order chi connectivity index (χ1) is 12.0. The Hall–Kier alpha value is -1.92. The highest BCUT2D eigenvalue weighted by Crippen LogP contribution is 2.36. The van der Waals surface area contributed by atoms with Crippen molar-refractivity contribution in [3.05, 3.63) is 45.4 Å². The molecule has 134 valence electrons. The highest BCUT2D eigenvalue weighted by Gasteiger charge is 2.13. The highest BCUT2D eigenvalue weighted by molar-refractivity contribution is 9.10. The molecule has 0 saturated carbocycles. The van der Waals surface area contributed by atoms with Crippen molar-refractivity contribution in [2.45, 2.75) is 12.8 Å². The topological polar surface area (TPSA) is 56.8 Å². The van der Waals surface area contributed by atoms with Gasteiger partial charge in [-0.25, -0.2) is 0 Å². The number of anilines is 1. The van der Waals surface area contributed by atoms with E-state index in [0.717, 1.165) is 15.8 Å². The number of halogens is 2. The van der Waals surface area contributed by atoms with Gasteiger partial charge in [0.15, 0.2) is 0 Å². The predicted molar refractivity (Wildman–Crippen MR) is 102 cm³/mol. The summed E-state index contributed by atoms with van der Waals surface area (Å²) >= 11 is 9.55. The molecule has 0 fully saturated rings. The Morgan fingerprint density at radius 3 is 2.32 bits per heavy atom. The van der Waals surface area contributed by atoms with E-state index in [1.807, 2.05) is 18.2 Å². The molecule has 0 aliphatic heterocycles. The minimum atomic E-state index is -0.133. The third-order valence-electron chi connectivity index (χ3n) is 3.60. The minimum Gasteiger partial charge on any atom is -0.496 e. The predicted octanol–water partition coefficient (Wildman–Crippen LogP) is 4.70. The highest BCUT2D eigenvalue weighted by atomic mass is 79.9. The maximum Gasteiger partial charge on any atom is 0.224 e. The van der Waals surface area contributed by atoms with Crippen LogP contribution < -0.4 is 19.5 Å². The van der Waals surface area contributed by atoms with Crippen LogP contribution in [0.25, 0.3) is 0 Å². The fourth-order valence-electron chi connectivity index (χ4n) is 2.29. The zero-order valence-corrected chi connectivity index (χ0v) is 16.5. The van der Waals surface area contributed by atoms with Gasteiger partial charge in [-0.05, 0) is 46.1 Å². The van der Waals surface area contributed by atoms with Crippen LogP contribution in [0.3, 0.4) is 0 Å². The Bertz CT molecular complexity index is 767. The molecule has 0 radical (unpaired) electrons. The number of ether oxygens (including phenoxy) is 3. The molecule has 0 aromatic heterocycles. The lowest BCUT2D eigenvalue weighted by Gasteiger charge is -2.13. The second-order valence-electron chi connectivity index (χ2n) is 5.20. The van der Waals surface area contributed by atoms with Crippen molar-refractivity contribution in [3.8, 4) is 17.2 Å². The van der Waals surface area contributed by atoms with Gasteiger partial charge in [0.05, 0.1) is 36.5 Å². The van der Waals surface area contributed by atoms with E-state index in [1.165, 1.54) is 14.2 Å². The molecule has 1 N–H and O–H groups in total. The summed E-state index contributed by atoms with van der Waals surface area (Å²) in [6.45, 7) is 0. The van der Waals surface area contributed by atoms with Crippen molar-refractivity contribution in [2.24, 2.45) is 0 Å². The quantitative estimate of drug-likeness (QED) is 0.694. The third kappa shape index (κ3) is 5.03. The van der Waals surface area contributed by atoms with E-state index in [0.29, 0.717) is 35.1 Å². The van der Waals surface area contributed by atoms with E-state index < -0.39 is 0 Å². The first-order valence-corrected chi connectivity index (χ1v) is 8.69. The first kappa shape index (κ1) is 19.4. The number of hydrogen-bond donors (Lipinski definition) is 1. The average molecular weight is 429 g/mol. The number of carbonyl (C=O) groups is 1. The summed E-state index contributed by atoms with van der Waals surface area (Å²) in [7, 11) is 4.65. The number of amides is 1. The van der Waals surface area contributed by atoms with Gasteiger partial charge in [-0.2, -0.15) is 0 Å². The zero-order chi connectivity index (χ0) is 18.4. The molecule has 7 heteroatoms. The maximum atomic E-state index is 12.3. The van der Waals surface area contributed by atoms with Gasteiger partial charge in [-0.15, -0.1) is 0 Å². The molecule has 25 heavy (non-hydrogen) atoms. The monoisotopic (exact) mass is 427 g/mol. The lowest BCUT2D eigenvalue weighted by molar-refractivity contribution is -0.116. The Labute approximate surface area is 160 Å². The number of rotatable bonds is 7. The number of methoxy groups -OCH3 is 3. The van der Waals surface area contributed by atoms with Gasteiger partial charge in [0.2, 0.25) is 5.91 Å². The van der Waals surface area contributed by atoms with E-state index in [9.17, 15) is 4.79 Å². The van der Waals surface area contributed by atoms with E-state index in [2.05, 4.69) is 21.2 Å². The van der Waals surface area contributed by atoms with Crippen LogP contribution in [-0.2, 0) is 11.2 Å². The van der Waals surface area contributed by atoms with Gasteiger partial charge in [0.25, 0.3) is 0 Å². The van der Waals surface area contributed by atoms with Crippen molar-refractivity contribution in [1.29, 1.82) is 0 Å². The first-order valence-electron chi connectivity index (χ1n) is 7.52. The van der Waals surface area contributed by atoms with Crippen LogP contribution in [0, 0.1) is 0 Å². The van der Waals surface area contributed by atoms with Crippen molar-refractivity contribution in [1.82, 2.24) is 0 Å². The standard InChI is InChI=1S/C18H19BrClNO4/c1-23-15-6-4-11(8-12(15)19)5-7-18(22)21-14-9-13(20)16(24-2)10-17(14)25-3/h4,6,8-10H,5,7H2,1-3H3,(H,21,22). The number of nitrogens with one attached hydrogen (secondary N) is 1. The summed E-state index contributed by atoms with van der Waals surface area (Å²) in [5, 5.41) is 3.22. The molecule has 1 amide bonds. The molecule has 0 saturated heterocycles. The summed E-state index contributed by atoms with van der Waals surface area (Å²) < 4.78 is 16.5. The Kier molecular flexibility index (Phi) is 6.96. The van der Waals surface area contributed by atoms with Crippen molar-refractivity contribution in [2.75, 3.05) is 26.6 Å². The second-order valence-corrected chi connectivity index (χ2v) is 6.47. The van der Waals surface area contributed by atoms with Crippen molar-refractivity contribution >= 4 is 39.1 Å². The van der Waals surface area contributed by atoms with Crippen LogP contribution >= 0.6 is 27.5 Å². The fourth-order valence-corrected chi connectivity index (χ4v) is 3.12. The molecular weight excluding hydrogens is 410 g/mol. The molecule has 0 aliphatic rings. The van der Waals surface area contributed by atoms with Crippen molar-refractivity contribution in [3.63, 3.8) is 0 Å². The van der Waals surface area contributed by atoms with Crippen LogP contribution in [0.15, 0.2) is 34.8 Å². The molecule has 0 atom stereocenters. The third-order valence-corrected chi connectivity index (χ3v) is 4.52. The number of carbonyl (C=O) groups excluding carboxylic acids is 1. The molecule has 0 spiro atoms. The lowest BCUT2D eigenvalue weighted by atomic mass is 10.1. The summed E-state index contributed by atoms with van der Waals surface area (Å²) in [5.41, 5.74) is 1.54. The normalized spacial score (nSPS) is 10.3. The van der Waals surface area contributed by atoms with Gasteiger partial charge in [0.1, 0.15) is 17.2 Å². The van der Waals surface area contributed by atoms with Crippen LogP contribution in [0.5, 0.6) is 17.2 Å². The smallest absolute Gasteiger partial charge is 0.224 e. The average Bonchev–Trinajstić information content (AvgIpc) is 2.60. The molecule has 0 heterocycles. The number of benzene rings is 2. The molecule has 2 aromatic rings. The molecular formula is C18H19BrClNO4. The fraction of sp³-hybridized carbons (Fsp3) is 0.278. The molecule has 5 nitrogen and oxygen atoms in total. The van der Waals surface area contributed by atoms with Crippen LogP contribution in [0.2, 0.25) is 5.02 Å². The number of aryl methyl sites for hydroxylation is 1.